The first-order chi connectivity index (χ1) is 8.09. The van der Waals surface area contributed by atoms with Crippen molar-refractivity contribution in [3.05, 3.63) is 30.1 Å². The molecule has 1 aromatic heterocycles. The summed E-state index contributed by atoms with van der Waals surface area (Å²) in [4.78, 5) is 16.2. The maximum Gasteiger partial charge on any atom is 0.238 e. The highest BCUT2D eigenvalue weighted by molar-refractivity contribution is 5.82. The van der Waals surface area contributed by atoms with Crippen LogP contribution in [-0.4, -0.2) is 23.5 Å². The van der Waals surface area contributed by atoms with Crippen molar-refractivity contribution in [2.45, 2.75) is 32.9 Å². The van der Waals surface area contributed by atoms with E-state index in [0.29, 0.717) is 6.54 Å². The summed E-state index contributed by atoms with van der Waals surface area (Å²) in [6.45, 7) is 5.65. The van der Waals surface area contributed by atoms with Gasteiger partial charge in [0, 0.05) is 6.20 Å². The van der Waals surface area contributed by atoms with Crippen LogP contribution in [0.15, 0.2) is 24.4 Å². The number of aromatic nitrogens is 1. The molecule has 1 fully saturated rings. The zero-order chi connectivity index (χ0) is 12.3. The molecule has 2 N–H and O–H groups in total. The topological polar surface area (TPSA) is 54.0 Å². The maximum absolute atomic E-state index is 12.0. The molecule has 2 heterocycles. The Labute approximate surface area is 102 Å². The van der Waals surface area contributed by atoms with Crippen LogP contribution in [-0.2, 0) is 11.3 Å². The van der Waals surface area contributed by atoms with Gasteiger partial charge in [0.2, 0.25) is 5.91 Å². The van der Waals surface area contributed by atoms with E-state index in [1.807, 2.05) is 18.2 Å². The number of hydrogen-bond acceptors (Lipinski definition) is 3. The molecule has 0 aliphatic carbocycles. The van der Waals surface area contributed by atoms with Crippen LogP contribution in [0.4, 0.5) is 0 Å². The summed E-state index contributed by atoms with van der Waals surface area (Å²) >= 11 is 0. The second-order valence-electron chi connectivity index (χ2n) is 5.16. The van der Waals surface area contributed by atoms with Crippen LogP contribution in [0.1, 0.15) is 26.0 Å². The predicted molar refractivity (Wildman–Crippen MR) is 66.3 cm³/mol. The predicted octanol–water partition coefficient (Wildman–Crippen LogP) is 1.09. The van der Waals surface area contributed by atoms with Crippen molar-refractivity contribution in [2.75, 3.05) is 6.54 Å². The van der Waals surface area contributed by atoms with E-state index < -0.39 is 0 Å². The zero-order valence-electron chi connectivity index (χ0n) is 10.4. The molecule has 1 amide bonds. The van der Waals surface area contributed by atoms with E-state index in [1.54, 1.807) is 6.20 Å². The number of rotatable bonds is 3. The largest absolute Gasteiger partial charge is 0.349 e. The Morgan fingerprint density at radius 2 is 2.41 bits per heavy atom. The Morgan fingerprint density at radius 1 is 1.59 bits per heavy atom. The van der Waals surface area contributed by atoms with E-state index in [2.05, 4.69) is 29.5 Å². The first-order valence-corrected chi connectivity index (χ1v) is 6.00. The normalized spacial score (nSPS) is 22.4. The van der Waals surface area contributed by atoms with Crippen molar-refractivity contribution in [3.63, 3.8) is 0 Å². The standard InChI is InChI=1S/C13H19N3O/c1-13(2)6-8-15-11(13)12(17)16-9-10-5-3-4-7-14-10/h3-5,7,11,15H,6,8-9H2,1-2H3,(H,16,17). The fraction of sp³-hybridized carbons (Fsp3) is 0.538. The second kappa shape index (κ2) is 4.84. The van der Waals surface area contributed by atoms with Gasteiger partial charge in [-0.3, -0.25) is 9.78 Å². The average Bonchev–Trinajstić information content (AvgIpc) is 2.67. The average molecular weight is 233 g/mol. The molecule has 1 atom stereocenters. The van der Waals surface area contributed by atoms with Crippen molar-refractivity contribution < 1.29 is 4.79 Å². The Hall–Kier alpha value is -1.42. The summed E-state index contributed by atoms with van der Waals surface area (Å²) in [5.41, 5.74) is 0.922. The van der Waals surface area contributed by atoms with Gasteiger partial charge in [-0.2, -0.15) is 0 Å². The summed E-state index contributed by atoms with van der Waals surface area (Å²) in [5.74, 6) is 0.0677. The SMILES string of the molecule is CC1(C)CCNC1C(=O)NCc1ccccn1. The van der Waals surface area contributed by atoms with Crippen molar-refractivity contribution >= 4 is 5.91 Å². The number of pyridine rings is 1. The maximum atomic E-state index is 12.0. The van der Waals surface area contributed by atoms with Gasteiger partial charge in [0.05, 0.1) is 18.3 Å². The molecule has 0 aromatic carbocycles. The molecule has 1 unspecified atom stereocenters. The molecule has 0 bridgehead atoms. The number of carbonyl (C=O) groups excluding carboxylic acids is 1. The van der Waals surface area contributed by atoms with Gasteiger partial charge in [0.25, 0.3) is 0 Å². The smallest absolute Gasteiger partial charge is 0.238 e. The van der Waals surface area contributed by atoms with Crippen LogP contribution < -0.4 is 10.6 Å². The van der Waals surface area contributed by atoms with Gasteiger partial charge in [0.1, 0.15) is 0 Å². The lowest BCUT2D eigenvalue weighted by molar-refractivity contribution is -0.125. The van der Waals surface area contributed by atoms with Gasteiger partial charge in [-0.15, -0.1) is 0 Å². The van der Waals surface area contributed by atoms with Gasteiger partial charge in [-0.05, 0) is 30.5 Å². The third kappa shape index (κ3) is 2.82. The molecule has 0 spiro atoms. The van der Waals surface area contributed by atoms with E-state index in [9.17, 15) is 4.79 Å². The molecule has 0 saturated carbocycles. The minimum atomic E-state index is -0.0915. The molecule has 2 rings (SSSR count). The van der Waals surface area contributed by atoms with Crippen LogP contribution in [0.25, 0.3) is 0 Å². The summed E-state index contributed by atoms with van der Waals surface area (Å²) in [6, 6.07) is 5.61. The molecule has 1 aromatic rings. The number of hydrogen-bond donors (Lipinski definition) is 2. The first kappa shape index (κ1) is 12.0. The van der Waals surface area contributed by atoms with Crippen LogP contribution in [0.2, 0.25) is 0 Å². The van der Waals surface area contributed by atoms with Crippen LogP contribution >= 0.6 is 0 Å². The van der Waals surface area contributed by atoms with E-state index >= 15 is 0 Å². The molecular weight excluding hydrogens is 214 g/mol. The second-order valence-corrected chi connectivity index (χ2v) is 5.16. The third-order valence-electron chi connectivity index (χ3n) is 3.33. The summed E-state index contributed by atoms with van der Waals surface area (Å²) in [6.07, 6.45) is 2.77. The van der Waals surface area contributed by atoms with Crippen molar-refractivity contribution in [2.24, 2.45) is 5.41 Å². The Kier molecular flexibility index (Phi) is 3.43. The highest BCUT2D eigenvalue weighted by Gasteiger charge is 2.38. The molecule has 4 nitrogen and oxygen atoms in total. The number of nitrogens with one attached hydrogen (secondary N) is 2. The lowest BCUT2D eigenvalue weighted by Crippen LogP contribution is -2.46. The van der Waals surface area contributed by atoms with E-state index in [4.69, 9.17) is 0 Å². The molecule has 17 heavy (non-hydrogen) atoms. The fourth-order valence-corrected chi connectivity index (χ4v) is 2.19. The molecule has 4 heteroatoms. The summed E-state index contributed by atoms with van der Waals surface area (Å²) in [5, 5.41) is 6.18. The minimum absolute atomic E-state index is 0.0359. The molecular formula is C13H19N3O. The van der Waals surface area contributed by atoms with Crippen molar-refractivity contribution in [1.82, 2.24) is 15.6 Å². The molecule has 1 saturated heterocycles. The van der Waals surface area contributed by atoms with Gasteiger partial charge < -0.3 is 10.6 Å². The van der Waals surface area contributed by atoms with E-state index in [1.165, 1.54) is 0 Å². The zero-order valence-corrected chi connectivity index (χ0v) is 10.4. The number of nitrogens with zero attached hydrogens (tertiary/aromatic N) is 1. The van der Waals surface area contributed by atoms with Crippen molar-refractivity contribution in [1.29, 1.82) is 0 Å². The lowest BCUT2D eigenvalue weighted by Gasteiger charge is -2.25. The summed E-state index contributed by atoms with van der Waals surface area (Å²) < 4.78 is 0. The van der Waals surface area contributed by atoms with Crippen molar-refractivity contribution in [3.8, 4) is 0 Å². The number of amides is 1. The monoisotopic (exact) mass is 233 g/mol. The molecule has 1 aliphatic heterocycles. The minimum Gasteiger partial charge on any atom is -0.349 e. The van der Waals surface area contributed by atoms with Gasteiger partial charge in [-0.25, -0.2) is 0 Å². The Balaban J connectivity index is 1.90. The summed E-state index contributed by atoms with van der Waals surface area (Å²) in [7, 11) is 0. The fourth-order valence-electron chi connectivity index (χ4n) is 2.19. The van der Waals surface area contributed by atoms with Gasteiger partial charge >= 0.3 is 0 Å². The third-order valence-corrected chi connectivity index (χ3v) is 3.33. The Bertz CT molecular complexity index is 389. The highest BCUT2D eigenvalue weighted by Crippen LogP contribution is 2.29. The molecule has 92 valence electrons. The molecule has 0 radical (unpaired) electrons. The molecule has 1 aliphatic rings. The van der Waals surface area contributed by atoms with Crippen LogP contribution in [0, 0.1) is 5.41 Å². The first-order valence-electron chi connectivity index (χ1n) is 6.00. The number of carbonyl (C=O) groups is 1. The van der Waals surface area contributed by atoms with Gasteiger partial charge in [0.15, 0.2) is 0 Å². The lowest BCUT2D eigenvalue weighted by atomic mass is 9.84. The van der Waals surface area contributed by atoms with Gasteiger partial charge in [-0.1, -0.05) is 19.9 Å². The highest BCUT2D eigenvalue weighted by atomic mass is 16.2. The van der Waals surface area contributed by atoms with E-state index in [-0.39, 0.29) is 17.4 Å². The Morgan fingerprint density at radius 3 is 3.00 bits per heavy atom. The quantitative estimate of drug-likeness (QED) is 0.821. The van der Waals surface area contributed by atoms with Crippen LogP contribution in [0.3, 0.4) is 0 Å². The van der Waals surface area contributed by atoms with Crippen LogP contribution in [0.5, 0.6) is 0 Å². The van der Waals surface area contributed by atoms with E-state index in [0.717, 1.165) is 18.7 Å².